The van der Waals surface area contributed by atoms with Gasteiger partial charge in [-0.2, -0.15) is 0 Å². The molecule has 0 bridgehead atoms. The number of rotatable bonds is 6. The lowest BCUT2D eigenvalue weighted by Crippen LogP contribution is -2.51. The average molecular weight is 618 g/mol. The van der Waals surface area contributed by atoms with Crippen LogP contribution < -0.4 is 19.7 Å². The summed E-state index contributed by atoms with van der Waals surface area (Å²) in [6.07, 6.45) is 2.24. The van der Waals surface area contributed by atoms with Crippen molar-refractivity contribution in [2.24, 2.45) is 0 Å². The number of aryl methyl sites for hydroxylation is 1. The second-order valence-electron chi connectivity index (χ2n) is 11.6. The van der Waals surface area contributed by atoms with Crippen molar-refractivity contribution < 1.29 is 19.1 Å². The third-order valence-electron chi connectivity index (χ3n) is 8.67. The molecule has 0 radical (unpaired) electrons. The number of imidazole rings is 1. The summed E-state index contributed by atoms with van der Waals surface area (Å²) >= 11 is 12.8. The lowest BCUT2D eigenvalue weighted by molar-refractivity contribution is -0.119. The molecule has 220 valence electrons. The summed E-state index contributed by atoms with van der Waals surface area (Å²) in [5.41, 5.74) is 3.28. The lowest BCUT2D eigenvalue weighted by Gasteiger charge is -2.36. The van der Waals surface area contributed by atoms with Crippen LogP contribution >= 0.6 is 23.2 Å². The highest BCUT2D eigenvalue weighted by molar-refractivity contribution is 6.32. The van der Waals surface area contributed by atoms with E-state index < -0.39 is 11.4 Å². The van der Waals surface area contributed by atoms with Crippen LogP contribution in [-0.2, 0) is 10.3 Å². The molecule has 1 fully saturated rings. The van der Waals surface area contributed by atoms with Crippen LogP contribution in [0.25, 0.3) is 11.4 Å². The van der Waals surface area contributed by atoms with Gasteiger partial charge in [0.1, 0.15) is 22.9 Å². The van der Waals surface area contributed by atoms with Gasteiger partial charge in [-0.1, -0.05) is 35.3 Å². The minimum absolute atomic E-state index is 0.177. The van der Waals surface area contributed by atoms with Crippen LogP contribution in [0.2, 0.25) is 10.0 Å². The molecule has 1 aliphatic carbocycles. The van der Waals surface area contributed by atoms with E-state index in [4.69, 9.17) is 37.7 Å². The Hall–Kier alpha value is -4.01. The van der Waals surface area contributed by atoms with Gasteiger partial charge in [-0.25, -0.2) is 4.98 Å². The molecule has 7 rings (SSSR count). The van der Waals surface area contributed by atoms with E-state index in [2.05, 4.69) is 5.32 Å². The number of nitrogens with one attached hydrogen (secondary N) is 1. The number of fused-ring (bicyclic) bond motifs is 4. The first kappa shape index (κ1) is 27.8. The normalized spacial score (nSPS) is 18.8. The molecular formula is C33H30Cl2N4O4. The second kappa shape index (κ2) is 9.76. The van der Waals surface area contributed by atoms with E-state index in [0.717, 1.165) is 24.0 Å². The molecule has 1 aromatic heterocycles. The maximum absolute atomic E-state index is 14.7. The maximum atomic E-state index is 14.7. The lowest BCUT2D eigenvalue weighted by atomic mass is 9.86. The summed E-state index contributed by atoms with van der Waals surface area (Å²) in [7, 11) is 3.23. The third-order valence-corrected chi connectivity index (χ3v) is 9.14. The Morgan fingerprint density at radius 3 is 2.26 bits per heavy atom. The van der Waals surface area contributed by atoms with Crippen molar-refractivity contribution in [1.82, 2.24) is 9.55 Å². The Balaban J connectivity index is 1.58. The molecule has 2 amide bonds. The number of methoxy groups -OCH3 is 2. The van der Waals surface area contributed by atoms with Crippen LogP contribution in [0.4, 0.5) is 11.4 Å². The van der Waals surface area contributed by atoms with Crippen LogP contribution in [-0.4, -0.2) is 35.6 Å². The zero-order valence-corrected chi connectivity index (χ0v) is 25.9. The number of benzene rings is 3. The molecule has 1 atom stereocenters. The standard InChI is InChI=1S/C33H30Cl2N4O4/c1-16(2)38-29-28(37-30(38)27-25(42-4)12-19(18-7-8-18)13-26(27)43-5)31(40)39(24-15-21(35)9-6-17(24)3)33(29)22-11-10-20(34)14-23(22)36-32(33)41/h6,9-16,18H,7-8H2,1-5H3,(H,36,41)/t33-/m0/s1. The molecule has 1 N–H and O–H groups in total. The van der Waals surface area contributed by atoms with Crippen molar-refractivity contribution in [3.8, 4) is 22.9 Å². The van der Waals surface area contributed by atoms with Crippen LogP contribution in [0.3, 0.4) is 0 Å². The van der Waals surface area contributed by atoms with Crippen molar-refractivity contribution in [3.05, 3.63) is 86.7 Å². The van der Waals surface area contributed by atoms with E-state index in [-0.39, 0.29) is 17.6 Å². The van der Waals surface area contributed by atoms with Gasteiger partial charge in [0.05, 0.1) is 25.6 Å². The Morgan fingerprint density at radius 1 is 0.977 bits per heavy atom. The first-order valence-corrected chi connectivity index (χ1v) is 15.0. The molecule has 10 heteroatoms. The molecule has 0 unspecified atom stereocenters. The molecule has 2 aliphatic heterocycles. The van der Waals surface area contributed by atoms with E-state index in [9.17, 15) is 9.59 Å². The van der Waals surface area contributed by atoms with Gasteiger partial charge >= 0.3 is 0 Å². The van der Waals surface area contributed by atoms with E-state index in [1.54, 1.807) is 44.6 Å². The molecule has 1 spiro atoms. The molecule has 1 saturated carbocycles. The molecule has 43 heavy (non-hydrogen) atoms. The molecule has 8 nitrogen and oxygen atoms in total. The number of hydrogen-bond donors (Lipinski definition) is 1. The number of ether oxygens (including phenoxy) is 2. The number of carbonyl (C=O) groups is 2. The van der Waals surface area contributed by atoms with Crippen molar-refractivity contribution in [1.29, 1.82) is 0 Å². The topological polar surface area (TPSA) is 85.7 Å². The SMILES string of the molecule is COc1cc(C2CC2)cc(OC)c1-c1nc2c(n1C(C)C)[C@@]1(C(=O)Nc3cc(Cl)ccc31)N(c1cc(Cl)ccc1C)C2=O. The minimum Gasteiger partial charge on any atom is -0.496 e. The van der Waals surface area contributed by atoms with Crippen molar-refractivity contribution in [2.75, 3.05) is 24.4 Å². The van der Waals surface area contributed by atoms with Gasteiger partial charge in [0.15, 0.2) is 11.2 Å². The van der Waals surface area contributed by atoms with E-state index in [0.29, 0.717) is 61.5 Å². The molecule has 4 aromatic rings. The maximum Gasteiger partial charge on any atom is 0.280 e. The van der Waals surface area contributed by atoms with Crippen LogP contribution in [0.15, 0.2) is 48.5 Å². The van der Waals surface area contributed by atoms with Gasteiger partial charge in [-0.3, -0.25) is 14.5 Å². The fourth-order valence-electron chi connectivity index (χ4n) is 6.62. The van der Waals surface area contributed by atoms with Crippen molar-refractivity contribution >= 4 is 46.4 Å². The van der Waals surface area contributed by atoms with Gasteiger partial charge < -0.3 is 19.4 Å². The van der Waals surface area contributed by atoms with E-state index >= 15 is 0 Å². The zero-order valence-electron chi connectivity index (χ0n) is 24.4. The highest BCUT2D eigenvalue weighted by atomic mass is 35.5. The summed E-state index contributed by atoms with van der Waals surface area (Å²) in [6.45, 7) is 5.89. The number of amides is 2. The van der Waals surface area contributed by atoms with Gasteiger partial charge in [-0.05, 0) is 87.1 Å². The van der Waals surface area contributed by atoms with Crippen molar-refractivity contribution in [2.45, 2.75) is 51.1 Å². The molecule has 3 aliphatic rings. The average Bonchev–Trinajstić information content (AvgIpc) is 3.63. The molecule has 0 saturated heterocycles. The Bertz CT molecular complexity index is 1840. The highest BCUT2D eigenvalue weighted by Crippen LogP contribution is 2.56. The van der Waals surface area contributed by atoms with Crippen LogP contribution in [0.1, 0.15) is 71.5 Å². The Kier molecular flexibility index (Phi) is 6.31. The van der Waals surface area contributed by atoms with E-state index in [1.165, 1.54) is 4.90 Å². The summed E-state index contributed by atoms with van der Waals surface area (Å²) in [5.74, 6) is 1.36. The largest absolute Gasteiger partial charge is 0.496 e. The Morgan fingerprint density at radius 2 is 1.63 bits per heavy atom. The van der Waals surface area contributed by atoms with Gasteiger partial charge in [0.2, 0.25) is 0 Å². The highest BCUT2D eigenvalue weighted by Gasteiger charge is 2.64. The summed E-state index contributed by atoms with van der Waals surface area (Å²) in [5, 5.41) is 3.92. The first-order valence-electron chi connectivity index (χ1n) is 14.2. The third kappa shape index (κ3) is 3.85. The zero-order chi connectivity index (χ0) is 30.4. The summed E-state index contributed by atoms with van der Waals surface area (Å²) < 4.78 is 13.8. The summed E-state index contributed by atoms with van der Waals surface area (Å²) in [4.78, 5) is 35.7. The number of anilines is 2. The molecular weight excluding hydrogens is 587 g/mol. The van der Waals surface area contributed by atoms with Gasteiger partial charge in [0, 0.05) is 27.3 Å². The number of nitrogens with zero attached hydrogens (tertiary/aromatic N) is 3. The Labute approximate surface area is 259 Å². The monoisotopic (exact) mass is 616 g/mol. The number of aromatic nitrogens is 2. The van der Waals surface area contributed by atoms with Crippen molar-refractivity contribution in [3.63, 3.8) is 0 Å². The molecule has 3 aromatic carbocycles. The fourth-order valence-corrected chi connectivity index (χ4v) is 6.96. The summed E-state index contributed by atoms with van der Waals surface area (Å²) in [6, 6.07) is 14.4. The van der Waals surface area contributed by atoms with Gasteiger partial charge in [0.25, 0.3) is 11.8 Å². The number of hydrogen-bond acceptors (Lipinski definition) is 5. The fraction of sp³-hybridized carbons (Fsp3) is 0.303. The minimum atomic E-state index is -1.58. The quantitative estimate of drug-likeness (QED) is 0.242. The second-order valence-corrected chi connectivity index (χ2v) is 12.5. The predicted molar refractivity (Wildman–Crippen MR) is 167 cm³/mol. The predicted octanol–water partition coefficient (Wildman–Crippen LogP) is 7.50. The van der Waals surface area contributed by atoms with Crippen LogP contribution in [0.5, 0.6) is 11.5 Å². The number of halogens is 2. The molecule has 3 heterocycles. The van der Waals surface area contributed by atoms with E-state index in [1.807, 2.05) is 43.5 Å². The smallest absolute Gasteiger partial charge is 0.280 e. The van der Waals surface area contributed by atoms with Crippen LogP contribution in [0, 0.1) is 6.92 Å². The van der Waals surface area contributed by atoms with Gasteiger partial charge in [-0.15, -0.1) is 0 Å². The number of carbonyl (C=O) groups excluding carboxylic acids is 2. The first-order chi connectivity index (χ1) is 20.6.